The summed E-state index contributed by atoms with van der Waals surface area (Å²) in [5.41, 5.74) is 1.30. The molecule has 2 aromatic rings. The number of hydrogen-bond donors (Lipinski definition) is 0. The van der Waals surface area contributed by atoms with Gasteiger partial charge in [-0.3, -0.25) is 9.59 Å². The summed E-state index contributed by atoms with van der Waals surface area (Å²) in [5.74, 6) is 1.01. The van der Waals surface area contributed by atoms with E-state index in [9.17, 15) is 9.59 Å². The number of likely N-dealkylation sites (tertiary alicyclic amines) is 2. The number of benzene rings is 1. The molecule has 1 atom stereocenters. The SMILES string of the molecule is O=C1CCC(C(=O)N2CCC(Cn3ccnc3)CC2)CN1CCCc1ccccc1. The van der Waals surface area contributed by atoms with E-state index in [0.717, 1.165) is 51.9 Å². The van der Waals surface area contributed by atoms with Crippen molar-refractivity contribution in [1.82, 2.24) is 19.4 Å². The van der Waals surface area contributed by atoms with Crippen LogP contribution in [0.5, 0.6) is 0 Å². The summed E-state index contributed by atoms with van der Waals surface area (Å²) in [7, 11) is 0. The van der Waals surface area contributed by atoms with Crippen molar-refractivity contribution in [3.8, 4) is 0 Å². The molecule has 0 bridgehead atoms. The van der Waals surface area contributed by atoms with Crippen LogP contribution in [0, 0.1) is 11.8 Å². The van der Waals surface area contributed by atoms with Crippen molar-refractivity contribution in [2.24, 2.45) is 11.8 Å². The third kappa shape index (κ3) is 5.29. The van der Waals surface area contributed by atoms with Crippen LogP contribution in [-0.2, 0) is 22.6 Å². The Bertz CT molecular complexity index is 813. The molecule has 0 spiro atoms. The molecule has 6 heteroatoms. The molecule has 2 saturated heterocycles. The Morgan fingerprint density at radius 1 is 1.10 bits per heavy atom. The summed E-state index contributed by atoms with van der Waals surface area (Å²) in [6.07, 6.45) is 10.9. The summed E-state index contributed by atoms with van der Waals surface area (Å²) in [4.78, 5) is 33.5. The van der Waals surface area contributed by atoms with Gasteiger partial charge in [-0.25, -0.2) is 4.98 Å². The fraction of sp³-hybridized carbons (Fsp3) is 0.542. The topological polar surface area (TPSA) is 58.4 Å². The van der Waals surface area contributed by atoms with E-state index >= 15 is 0 Å². The molecule has 2 amide bonds. The van der Waals surface area contributed by atoms with E-state index in [1.54, 1.807) is 0 Å². The summed E-state index contributed by atoms with van der Waals surface area (Å²) in [6, 6.07) is 10.4. The Hall–Kier alpha value is -2.63. The smallest absolute Gasteiger partial charge is 0.227 e. The largest absolute Gasteiger partial charge is 0.342 e. The van der Waals surface area contributed by atoms with E-state index < -0.39 is 0 Å². The first-order valence-corrected chi connectivity index (χ1v) is 11.3. The van der Waals surface area contributed by atoms with Crippen LogP contribution in [0.15, 0.2) is 49.1 Å². The van der Waals surface area contributed by atoms with E-state index in [2.05, 4.69) is 33.8 Å². The average Bonchev–Trinajstić information content (AvgIpc) is 3.29. The molecule has 4 rings (SSSR count). The fourth-order valence-corrected chi connectivity index (χ4v) is 4.74. The Kier molecular flexibility index (Phi) is 6.82. The van der Waals surface area contributed by atoms with Crippen molar-refractivity contribution >= 4 is 11.8 Å². The fourth-order valence-electron chi connectivity index (χ4n) is 4.74. The van der Waals surface area contributed by atoms with Crippen molar-refractivity contribution in [2.45, 2.75) is 45.1 Å². The van der Waals surface area contributed by atoms with Crippen molar-refractivity contribution < 1.29 is 9.59 Å². The predicted molar refractivity (Wildman–Crippen MR) is 116 cm³/mol. The van der Waals surface area contributed by atoms with Crippen LogP contribution in [0.2, 0.25) is 0 Å². The van der Waals surface area contributed by atoms with Crippen molar-refractivity contribution in [1.29, 1.82) is 0 Å². The zero-order valence-electron chi connectivity index (χ0n) is 17.7. The first-order valence-electron chi connectivity index (χ1n) is 11.3. The van der Waals surface area contributed by atoms with Gasteiger partial charge in [0.15, 0.2) is 0 Å². The molecule has 2 aliphatic heterocycles. The lowest BCUT2D eigenvalue weighted by atomic mass is 9.92. The highest BCUT2D eigenvalue weighted by Crippen LogP contribution is 2.25. The van der Waals surface area contributed by atoms with Gasteiger partial charge >= 0.3 is 0 Å². The molecule has 0 saturated carbocycles. The van der Waals surface area contributed by atoms with Gasteiger partial charge in [-0.15, -0.1) is 0 Å². The van der Waals surface area contributed by atoms with Crippen LogP contribution in [0.4, 0.5) is 0 Å². The summed E-state index contributed by atoms with van der Waals surface area (Å²) < 4.78 is 2.13. The summed E-state index contributed by atoms with van der Waals surface area (Å²) in [6.45, 7) is 3.97. The quantitative estimate of drug-likeness (QED) is 0.708. The lowest BCUT2D eigenvalue weighted by molar-refractivity contribution is -0.144. The van der Waals surface area contributed by atoms with Crippen molar-refractivity contribution in [2.75, 3.05) is 26.2 Å². The van der Waals surface area contributed by atoms with Crippen LogP contribution in [0.25, 0.3) is 0 Å². The third-order valence-electron chi connectivity index (χ3n) is 6.54. The molecular weight excluding hydrogens is 376 g/mol. The summed E-state index contributed by atoms with van der Waals surface area (Å²) in [5, 5.41) is 0. The number of carbonyl (C=O) groups excluding carboxylic acids is 2. The molecule has 6 nitrogen and oxygen atoms in total. The molecule has 0 N–H and O–H groups in total. The minimum Gasteiger partial charge on any atom is -0.342 e. The highest BCUT2D eigenvalue weighted by molar-refractivity contribution is 5.84. The number of aryl methyl sites for hydroxylation is 1. The first-order chi connectivity index (χ1) is 14.7. The second kappa shape index (κ2) is 9.92. The number of amides is 2. The highest BCUT2D eigenvalue weighted by Gasteiger charge is 2.34. The van der Waals surface area contributed by atoms with Gasteiger partial charge in [0.05, 0.1) is 12.2 Å². The molecule has 1 aromatic heterocycles. The Balaban J connectivity index is 1.23. The van der Waals surface area contributed by atoms with Crippen LogP contribution in [-0.4, -0.2) is 57.3 Å². The monoisotopic (exact) mass is 408 g/mol. The van der Waals surface area contributed by atoms with E-state index in [1.165, 1.54) is 5.56 Å². The maximum Gasteiger partial charge on any atom is 0.227 e. The van der Waals surface area contributed by atoms with E-state index in [1.807, 2.05) is 34.6 Å². The second-order valence-electron chi connectivity index (χ2n) is 8.69. The van der Waals surface area contributed by atoms with Gasteiger partial charge in [0, 0.05) is 51.5 Å². The predicted octanol–water partition coefficient (Wildman–Crippen LogP) is 2.99. The highest BCUT2D eigenvalue weighted by atomic mass is 16.2. The zero-order chi connectivity index (χ0) is 20.8. The number of imidazole rings is 1. The molecule has 1 aromatic carbocycles. The van der Waals surface area contributed by atoms with Crippen LogP contribution in [0.1, 0.15) is 37.7 Å². The zero-order valence-corrected chi connectivity index (χ0v) is 17.7. The molecule has 30 heavy (non-hydrogen) atoms. The van der Waals surface area contributed by atoms with Crippen LogP contribution < -0.4 is 0 Å². The third-order valence-corrected chi connectivity index (χ3v) is 6.54. The van der Waals surface area contributed by atoms with Gasteiger partial charge in [0.1, 0.15) is 0 Å². The number of piperidine rings is 2. The molecule has 2 aliphatic rings. The lowest BCUT2D eigenvalue weighted by Gasteiger charge is -2.38. The second-order valence-corrected chi connectivity index (χ2v) is 8.69. The van der Waals surface area contributed by atoms with Crippen LogP contribution >= 0.6 is 0 Å². The van der Waals surface area contributed by atoms with Crippen molar-refractivity contribution in [3.05, 3.63) is 54.6 Å². The average molecular weight is 409 g/mol. The number of nitrogens with zero attached hydrogens (tertiary/aromatic N) is 4. The van der Waals surface area contributed by atoms with E-state index in [-0.39, 0.29) is 17.7 Å². The minimum atomic E-state index is -0.0374. The van der Waals surface area contributed by atoms with Gasteiger partial charge in [0.25, 0.3) is 0 Å². The Labute approximate surface area is 178 Å². The minimum absolute atomic E-state index is 0.0374. The molecule has 0 aliphatic carbocycles. The maximum absolute atomic E-state index is 13.1. The lowest BCUT2D eigenvalue weighted by Crippen LogP contribution is -2.49. The first kappa shape index (κ1) is 20.6. The molecule has 3 heterocycles. The summed E-state index contributed by atoms with van der Waals surface area (Å²) >= 11 is 0. The van der Waals surface area contributed by atoms with Gasteiger partial charge in [-0.1, -0.05) is 30.3 Å². The molecule has 160 valence electrons. The van der Waals surface area contributed by atoms with Gasteiger partial charge < -0.3 is 14.4 Å². The molecular formula is C24H32N4O2. The van der Waals surface area contributed by atoms with Crippen LogP contribution in [0.3, 0.4) is 0 Å². The number of aromatic nitrogens is 2. The van der Waals surface area contributed by atoms with E-state index in [4.69, 9.17) is 0 Å². The number of hydrogen-bond acceptors (Lipinski definition) is 3. The molecule has 2 fully saturated rings. The standard InChI is InChI=1S/C24H32N4O2/c29-23-9-8-22(18-28(23)13-4-7-20-5-2-1-3-6-20)24(30)27-14-10-21(11-15-27)17-26-16-12-25-19-26/h1-3,5-6,12,16,19,21-22H,4,7-11,13-15,17-18H2. The Morgan fingerprint density at radius 2 is 1.90 bits per heavy atom. The molecule has 0 radical (unpaired) electrons. The van der Waals surface area contributed by atoms with Crippen molar-refractivity contribution in [3.63, 3.8) is 0 Å². The maximum atomic E-state index is 13.1. The van der Waals surface area contributed by atoms with Gasteiger partial charge in [-0.2, -0.15) is 0 Å². The molecule has 1 unspecified atom stereocenters. The normalized spacial score (nSPS) is 20.5. The van der Waals surface area contributed by atoms with Gasteiger partial charge in [0.2, 0.25) is 11.8 Å². The number of carbonyl (C=O) groups is 2. The Morgan fingerprint density at radius 3 is 2.63 bits per heavy atom. The van der Waals surface area contributed by atoms with Gasteiger partial charge in [-0.05, 0) is 43.6 Å². The number of rotatable bonds is 7. The van der Waals surface area contributed by atoms with E-state index in [0.29, 0.717) is 25.3 Å².